The van der Waals surface area contributed by atoms with Crippen molar-refractivity contribution in [2.45, 2.75) is 13.8 Å². The molecule has 0 saturated carbocycles. The highest BCUT2D eigenvalue weighted by Gasteiger charge is 2.21. The normalized spacial score (nSPS) is 10.8. The highest BCUT2D eigenvalue weighted by molar-refractivity contribution is 5.78. The molecule has 2 aromatic carbocycles. The fraction of sp³-hybridized carbons (Fsp3) is 0.125. The molecule has 0 aliphatic carbocycles. The van der Waals surface area contributed by atoms with Crippen LogP contribution < -0.4 is 5.56 Å². The second-order valence-corrected chi connectivity index (χ2v) is 5.02. The monoisotopic (exact) mass is 295 g/mol. The van der Waals surface area contributed by atoms with E-state index in [4.69, 9.17) is 0 Å². The maximum atomic E-state index is 12.8. The van der Waals surface area contributed by atoms with Gasteiger partial charge in [0.1, 0.15) is 11.5 Å². The van der Waals surface area contributed by atoms with E-state index in [2.05, 4.69) is 4.98 Å². The molecule has 0 aliphatic heterocycles. The SMILES string of the molecule is Cc1cccc([N+](=O)[O-])c1-n1c(C)nc2ccccc2c1=O. The van der Waals surface area contributed by atoms with Crippen LogP contribution in [0.1, 0.15) is 11.4 Å². The summed E-state index contributed by atoms with van der Waals surface area (Å²) in [6, 6.07) is 11.7. The van der Waals surface area contributed by atoms with Crippen molar-refractivity contribution in [2.24, 2.45) is 0 Å². The number of fused-ring (bicyclic) bond motifs is 1. The Morgan fingerprint density at radius 2 is 1.82 bits per heavy atom. The molecule has 1 aromatic heterocycles. The quantitative estimate of drug-likeness (QED) is 0.538. The lowest BCUT2D eigenvalue weighted by molar-refractivity contribution is -0.384. The smallest absolute Gasteiger partial charge is 0.268 e. The van der Waals surface area contributed by atoms with Gasteiger partial charge in [-0.15, -0.1) is 0 Å². The van der Waals surface area contributed by atoms with Crippen molar-refractivity contribution in [3.8, 4) is 5.69 Å². The van der Waals surface area contributed by atoms with Crippen molar-refractivity contribution >= 4 is 16.6 Å². The summed E-state index contributed by atoms with van der Waals surface area (Å²) in [6.07, 6.45) is 0. The standard InChI is InChI=1S/C16H13N3O3/c1-10-6-5-9-14(19(21)22)15(10)18-11(2)17-13-8-4-3-7-12(13)16(18)20/h3-9H,1-2H3. The Labute approximate surface area is 125 Å². The molecule has 0 saturated heterocycles. The highest BCUT2D eigenvalue weighted by atomic mass is 16.6. The predicted octanol–water partition coefficient (Wildman–Crippen LogP) is 2.91. The van der Waals surface area contributed by atoms with E-state index in [1.807, 2.05) is 0 Å². The Hall–Kier alpha value is -3.02. The van der Waals surface area contributed by atoms with Crippen molar-refractivity contribution in [2.75, 3.05) is 0 Å². The molecule has 3 rings (SSSR count). The summed E-state index contributed by atoms with van der Waals surface area (Å²) < 4.78 is 1.32. The van der Waals surface area contributed by atoms with Crippen LogP contribution in [0.3, 0.4) is 0 Å². The zero-order chi connectivity index (χ0) is 15.9. The Bertz CT molecular complexity index is 960. The molecule has 0 aliphatic rings. The topological polar surface area (TPSA) is 78.0 Å². The highest BCUT2D eigenvalue weighted by Crippen LogP contribution is 2.26. The summed E-state index contributed by atoms with van der Waals surface area (Å²) in [6.45, 7) is 3.41. The van der Waals surface area contributed by atoms with E-state index >= 15 is 0 Å². The number of hydrogen-bond donors (Lipinski definition) is 0. The number of nitrogens with zero attached hydrogens (tertiary/aromatic N) is 3. The summed E-state index contributed by atoms with van der Waals surface area (Å²) in [5.74, 6) is 0.418. The van der Waals surface area contributed by atoms with E-state index in [1.165, 1.54) is 10.6 Å². The number of aromatic nitrogens is 2. The zero-order valence-corrected chi connectivity index (χ0v) is 12.1. The minimum absolute atomic E-state index is 0.109. The van der Waals surface area contributed by atoms with E-state index in [9.17, 15) is 14.9 Å². The molecule has 0 N–H and O–H groups in total. The van der Waals surface area contributed by atoms with E-state index < -0.39 is 4.92 Å². The second-order valence-electron chi connectivity index (χ2n) is 5.02. The molecule has 0 bridgehead atoms. The van der Waals surface area contributed by atoms with Gasteiger partial charge in [-0.3, -0.25) is 19.5 Å². The van der Waals surface area contributed by atoms with Gasteiger partial charge >= 0.3 is 0 Å². The van der Waals surface area contributed by atoms with Gasteiger partial charge in [0, 0.05) is 6.07 Å². The lowest BCUT2D eigenvalue weighted by Gasteiger charge is -2.13. The van der Waals surface area contributed by atoms with E-state index in [0.717, 1.165) is 0 Å². The molecular weight excluding hydrogens is 282 g/mol. The average molecular weight is 295 g/mol. The molecule has 1 heterocycles. The minimum Gasteiger partial charge on any atom is -0.268 e. The number of benzene rings is 2. The van der Waals surface area contributed by atoms with E-state index in [0.29, 0.717) is 22.3 Å². The van der Waals surface area contributed by atoms with Crippen LogP contribution in [0.15, 0.2) is 47.3 Å². The zero-order valence-electron chi connectivity index (χ0n) is 12.1. The molecular formula is C16H13N3O3. The molecule has 0 atom stereocenters. The number of nitro groups is 1. The molecule has 22 heavy (non-hydrogen) atoms. The molecule has 0 fully saturated rings. The van der Waals surface area contributed by atoms with Gasteiger partial charge in [0.2, 0.25) is 0 Å². The summed E-state index contributed by atoms with van der Waals surface area (Å²) >= 11 is 0. The lowest BCUT2D eigenvalue weighted by Crippen LogP contribution is -2.23. The molecule has 0 spiro atoms. The molecule has 0 radical (unpaired) electrons. The number of para-hydroxylation sites is 2. The first kappa shape index (κ1) is 13.9. The maximum Gasteiger partial charge on any atom is 0.293 e. The Morgan fingerprint density at radius 1 is 1.09 bits per heavy atom. The average Bonchev–Trinajstić information content (AvgIpc) is 2.48. The van der Waals surface area contributed by atoms with Gasteiger partial charge in [-0.2, -0.15) is 0 Å². The van der Waals surface area contributed by atoms with Crippen LogP contribution in [-0.2, 0) is 0 Å². The van der Waals surface area contributed by atoms with Crippen molar-refractivity contribution in [3.63, 3.8) is 0 Å². The molecule has 6 heteroatoms. The number of rotatable bonds is 2. The van der Waals surface area contributed by atoms with Gasteiger partial charge in [-0.1, -0.05) is 24.3 Å². The first-order valence-electron chi connectivity index (χ1n) is 6.73. The van der Waals surface area contributed by atoms with E-state index in [1.54, 1.807) is 50.2 Å². The maximum absolute atomic E-state index is 12.8. The minimum atomic E-state index is -0.483. The summed E-state index contributed by atoms with van der Waals surface area (Å²) in [5, 5.41) is 11.7. The first-order chi connectivity index (χ1) is 10.5. The van der Waals surface area contributed by atoms with Crippen LogP contribution >= 0.6 is 0 Å². The van der Waals surface area contributed by atoms with Gasteiger partial charge in [0.25, 0.3) is 11.2 Å². The predicted molar refractivity (Wildman–Crippen MR) is 83.5 cm³/mol. The molecule has 6 nitrogen and oxygen atoms in total. The Morgan fingerprint density at radius 3 is 2.55 bits per heavy atom. The van der Waals surface area contributed by atoms with Crippen LogP contribution in [0.2, 0.25) is 0 Å². The summed E-state index contributed by atoms with van der Waals surface area (Å²) in [4.78, 5) is 28.0. The number of aryl methyl sites for hydroxylation is 2. The first-order valence-corrected chi connectivity index (χ1v) is 6.73. The summed E-state index contributed by atoms with van der Waals surface area (Å²) in [7, 11) is 0. The third kappa shape index (κ3) is 2.05. The summed E-state index contributed by atoms with van der Waals surface area (Å²) in [5.41, 5.74) is 1.09. The second kappa shape index (κ2) is 5.07. The molecule has 3 aromatic rings. The lowest BCUT2D eigenvalue weighted by atomic mass is 10.1. The van der Waals surface area contributed by atoms with Crippen LogP contribution in [0, 0.1) is 24.0 Å². The molecule has 0 amide bonds. The fourth-order valence-corrected chi connectivity index (χ4v) is 2.59. The Kier molecular flexibility index (Phi) is 3.21. The fourth-order valence-electron chi connectivity index (χ4n) is 2.59. The van der Waals surface area contributed by atoms with Crippen molar-refractivity contribution in [1.29, 1.82) is 0 Å². The Balaban J connectivity index is 2.47. The van der Waals surface area contributed by atoms with Gasteiger partial charge in [-0.25, -0.2) is 4.98 Å². The van der Waals surface area contributed by atoms with Crippen LogP contribution in [0.25, 0.3) is 16.6 Å². The van der Waals surface area contributed by atoms with Gasteiger partial charge in [-0.05, 0) is 31.5 Å². The van der Waals surface area contributed by atoms with Crippen molar-refractivity contribution in [3.05, 3.63) is 74.3 Å². The number of nitro benzene ring substituents is 1. The van der Waals surface area contributed by atoms with Crippen LogP contribution in [0.5, 0.6) is 0 Å². The van der Waals surface area contributed by atoms with E-state index in [-0.39, 0.29) is 16.9 Å². The van der Waals surface area contributed by atoms with Crippen molar-refractivity contribution in [1.82, 2.24) is 9.55 Å². The van der Waals surface area contributed by atoms with Gasteiger partial charge in [0.15, 0.2) is 0 Å². The van der Waals surface area contributed by atoms with Crippen molar-refractivity contribution < 1.29 is 4.92 Å². The van der Waals surface area contributed by atoms with Crippen LogP contribution in [-0.4, -0.2) is 14.5 Å². The van der Waals surface area contributed by atoms with Crippen LogP contribution in [0.4, 0.5) is 5.69 Å². The largest absolute Gasteiger partial charge is 0.293 e. The van der Waals surface area contributed by atoms with Gasteiger partial charge < -0.3 is 0 Å². The molecule has 110 valence electrons. The van der Waals surface area contributed by atoms with Gasteiger partial charge in [0.05, 0.1) is 15.8 Å². The number of hydrogen-bond acceptors (Lipinski definition) is 4. The molecule has 0 unspecified atom stereocenters. The third-order valence-electron chi connectivity index (χ3n) is 3.58. The third-order valence-corrected chi connectivity index (χ3v) is 3.58.